The summed E-state index contributed by atoms with van der Waals surface area (Å²) in [4.78, 5) is 22.1. The number of nitrogens with zero attached hydrogens (tertiary/aromatic N) is 3. The van der Waals surface area contributed by atoms with E-state index in [1.807, 2.05) is 6.07 Å². The quantitative estimate of drug-likeness (QED) is 0.816. The van der Waals surface area contributed by atoms with Crippen molar-refractivity contribution in [1.82, 2.24) is 9.97 Å². The topological polar surface area (TPSA) is 87.6 Å². The van der Waals surface area contributed by atoms with Gasteiger partial charge in [-0.3, -0.25) is 0 Å². The maximum Gasteiger partial charge on any atom is 0.341 e. The maximum absolute atomic E-state index is 11.4. The molecule has 0 amide bonds. The predicted octanol–water partition coefficient (Wildman–Crippen LogP) is 3.05. The lowest BCUT2D eigenvalue weighted by molar-refractivity contribution is 0.0697. The zero-order chi connectivity index (χ0) is 17.8. The molecule has 0 saturated carbocycles. The molecule has 1 saturated heterocycles. The third-order valence-corrected chi connectivity index (χ3v) is 4.37. The van der Waals surface area contributed by atoms with Gasteiger partial charge in [0.05, 0.1) is 12.1 Å². The molecule has 0 bridgehead atoms. The standard InChI is InChI=1S/C17H19ClN4O3/c1-25-14-5-4-11(8-13(14)18)9-19-15-12(16(23)24)10-20-17(21-15)22-6-2-3-7-22/h4-5,8,10H,2-3,6-7,9H2,1H3,(H,23,24)(H,19,20,21). The number of halogens is 1. The fourth-order valence-electron chi connectivity index (χ4n) is 2.74. The highest BCUT2D eigenvalue weighted by atomic mass is 35.5. The van der Waals surface area contributed by atoms with Gasteiger partial charge in [-0.25, -0.2) is 9.78 Å². The smallest absolute Gasteiger partial charge is 0.341 e. The highest BCUT2D eigenvalue weighted by molar-refractivity contribution is 6.32. The Balaban J connectivity index is 1.80. The van der Waals surface area contributed by atoms with Crippen LogP contribution in [0.3, 0.4) is 0 Å². The summed E-state index contributed by atoms with van der Waals surface area (Å²) in [6.45, 7) is 2.17. The second kappa shape index (κ2) is 7.57. The van der Waals surface area contributed by atoms with E-state index in [2.05, 4.69) is 20.2 Å². The fourth-order valence-corrected chi connectivity index (χ4v) is 3.02. The zero-order valence-corrected chi connectivity index (χ0v) is 14.6. The van der Waals surface area contributed by atoms with Crippen LogP contribution in [0.2, 0.25) is 5.02 Å². The summed E-state index contributed by atoms with van der Waals surface area (Å²) < 4.78 is 5.13. The van der Waals surface area contributed by atoms with E-state index in [1.165, 1.54) is 6.20 Å². The normalized spacial score (nSPS) is 13.8. The van der Waals surface area contributed by atoms with Gasteiger partial charge in [0.2, 0.25) is 5.95 Å². The van der Waals surface area contributed by atoms with Crippen LogP contribution >= 0.6 is 11.6 Å². The number of ether oxygens (including phenoxy) is 1. The van der Waals surface area contributed by atoms with Crippen LogP contribution in [-0.4, -0.2) is 41.2 Å². The van der Waals surface area contributed by atoms with Gasteiger partial charge in [-0.15, -0.1) is 0 Å². The third kappa shape index (κ3) is 3.93. The molecule has 3 rings (SSSR count). The van der Waals surface area contributed by atoms with Gasteiger partial charge in [0.1, 0.15) is 17.1 Å². The Morgan fingerprint density at radius 3 is 2.80 bits per heavy atom. The molecule has 132 valence electrons. The lowest BCUT2D eigenvalue weighted by atomic mass is 10.2. The number of rotatable bonds is 6. The van der Waals surface area contributed by atoms with E-state index in [9.17, 15) is 9.90 Å². The molecule has 2 aromatic rings. The number of hydrogen-bond donors (Lipinski definition) is 2. The largest absolute Gasteiger partial charge is 0.495 e. The number of methoxy groups -OCH3 is 1. The van der Waals surface area contributed by atoms with Gasteiger partial charge in [-0.05, 0) is 30.5 Å². The number of carbonyl (C=O) groups is 1. The van der Waals surface area contributed by atoms with E-state index in [1.54, 1.807) is 19.2 Å². The number of carboxylic acids is 1. The van der Waals surface area contributed by atoms with E-state index in [-0.39, 0.29) is 5.56 Å². The molecule has 8 heteroatoms. The van der Waals surface area contributed by atoms with Gasteiger partial charge in [0.25, 0.3) is 0 Å². The average molecular weight is 363 g/mol. The minimum Gasteiger partial charge on any atom is -0.495 e. The fraction of sp³-hybridized carbons (Fsp3) is 0.353. The molecule has 7 nitrogen and oxygen atoms in total. The molecule has 2 heterocycles. The van der Waals surface area contributed by atoms with Crippen molar-refractivity contribution in [2.45, 2.75) is 19.4 Å². The number of anilines is 2. The monoisotopic (exact) mass is 362 g/mol. The van der Waals surface area contributed by atoms with E-state index in [4.69, 9.17) is 16.3 Å². The Bertz CT molecular complexity index is 778. The summed E-state index contributed by atoms with van der Waals surface area (Å²) in [6, 6.07) is 5.41. The second-order valence-electron chi connectivity index (χ2n) is 5.75. The number of nitrogens with one attached hydrogen (secondary N) is 1. The van der Waals surface area contributed by atoms with Gasteiger partial charge < -0.3 is 20.1 Å². The van der Waals surface area contributed by atoms with Crippen LogP contribution in [0.15, 0.2) is 24.4 Å². The SMILES string of the molecule is COc1ccc(CNc2nc(N3CCCC3)ncc2C(=O)O)cc1Cl. The average Bonchev–Trinajstić information content (AvgIpc) is 3.14. The van der Waals surface area contributed by atoms with Gasteiger partial charge in [0, 0.05) is 25.8 Å². The molecule has 0 spiro atoms. The number of hydrogen-bond acceptors (Lipinski definition) is 6. The van der Waals surface area contributed by atoms with Crippen LogP contribution in [0.4, 0.5) is 11.8 Å². The maximum atomic E-state index is 11.4. The first-order valence-corrected chi connectivity index (χ1v) is 8.38. The molecule has 1 aromatic heterocycles. The predicted molar refractivity (Wildman–Crippen MR) is 95.8 cm³/mol. The molecule has 1 fully saturated rings. The number of aromatic carboxylic acids is 1. The van der Waals surface area contributed by atoms with Crippen LogP contribution in [0.1, 0.15) is 28.8 Å². The van der Waals surface area contributed by atoms with E-state index in [0.29, 0.717) is 29.1 Å². The van der Waals surface area contributed by atoms with E-state index >= 15 is 0 Å². The first-order chi connectivity index (χ1) is 12.1. The Morgan fingerprint density at radius 2 is 2.16 bits per heavy atom. The summed E-state index contributed by atoms with van der Waals surface area (Å²) in [5.74, 6) is 0.382. The van der Waals surface area contributed by atoms with Crippen molar-refractivity contribution in [3.63, 3.8) is 0 Å². The van der Waals surface area contributed by atoms with Crippen LogP contribution in [0.5, 0.6) is 5.75 Å². The first kappa shape index (κ1) is 17.3. The summed E-state index contributed by atoms with van der Waals surface area (Å²) >= 11 is 6.13. The highest BCUT2D eigenvalue weighted by Crippen LogP contribution is 2.26. The Morgan fingerprint density at radius 1 is 1.40 bits per heavy atom. The summed E-state index contributed by atoms with van der Waals surface area (Å²) in [6.07, 6.45) is 3.54. The molecular formula is C17H19ClN4O3. The molecule has 25 heavy (non-hydrogen) atoms. The van der Waals surface area contributed by atoms with Gasteiger partial charge in [0.15, 0.2) is 0 Å². The summed E-state index contributed by atoms with van der Waals surface area (Å²) in [5, 5.41) is 12.9. The summed E-state index contributed by atoms with van der Waals surface area (Å²) in [5.41, 5.74) is 0.936. The van der Waals surface area contributed by atoms with Gasteiger partial charge in [-0.1, -0.05) is 17.7 Å². The second-order valence-corrected chi connectivity index (χ2v) is 6.16. The number of carboxylic acid groups (broad SMARTS) is 1. The molecule has 1 aliphatic rings. The van der Waals surface area contributed by atoms with Crippen molar-refractivity contribution < 1.29 is 14.6 Å². The molecule has 1 aromatic carbocycles. The molecular weight excluding hydrogens is 344 g/mol. The van der Waals surface area contributed by atoms with Crippen LogP contribution < -0.4 is 15.0 Å². The van der Waals surface area contributed by atoms with Crippen LogP contribution in [-0.2, 0) is 6.54 Å². The van der Waals surface area contributed by atoms with Crippen LogP contribution in [0.25, 0.3) is 0 Å². The van der Waals surface area contributed by atoms with E-state index in [0.717, 1.165) is 31.5 Å². The van der Waals surface area contributed by atoms with Gasteiger partial charge >= 0.3 is 5.97 Å². The highest BCUT2D eigenvalue weighted by Gasteiger charge is 2.19. The van der Waals surface area contributed by atoms with Crippen molar-refractivity contribution in [2.75, 3.05) is 30.4 Å². The molecule has 2 N–H and O–H groups in total. The molecule has 0 radical (unpaired) electrons. The number of aromatic nitrogens is 2. The molecule has 0 aliphatic carbocycles. The molecule has 1 aliphatic heterocycles. The van der Waals surface area contributed by atoms with Crippen molar-refractivity contribution in [3.8, 4) is 5.75 Å². The zero-order valence-electron chi connectivity index (χ0n) is 13.8. The number of benzene rings is 1. The summed E-state index contributed by atoms with van der Waals surface area (Å²) in [7, 11) is 1.55. The van der Waals surface area contributed by atoms with E-state index < -0.39 is 5.97 Å². The minimum atomic E-state index is -1.07. The Kier molecular flexibility index (Phi) is 5.23. The lowest BCUT2D eigenvalue weighted by Crippen LogP contribution is -2.22. The van der Waals surface area contributed by atoms with Crippen molar-refractivity contribution in [2.24, 2.45) is 0 Å². The Labute approximate surface area is 150 Å². The first-order valence-electron chi connectivity index (χ1n) is 8.00. The third-order valence-electron chi connectivity index (χ3n) is 4.07. The minimum absolute atomic E-state index is 0.0440. The van der Waals surface area contributed by atoms with Crippen molar-refractivity contribution in [3.05, 3.63) is 40.5 Å². The van der Waals surface area contributed by atoms with Crippen molar-refractivity contribution in [1.29, 1.82) is 0 Å². The molecule has 0 atom stereocenters. The lowest BCUT2D eigenvalue weighted by Gasteiger charge is -2.17. The molecule has 0 unspecified atom stereocenters. The van der Waals surface area contributed by atoms with Gasteiger partial charge in [-0.2, -0.15) is 4.98 Å². The van der Waals surface area contributed by atoms with Crippen LogP contribution in [0, 0.1) is 0 Å². The van der Waals surface area contributed by atoms with Crippen molar-refractivity contribution >= 4 is 29.3 Å². The Hall–Kier alpha value is -2.54.